The first-order valence-electron chi connectivity index (χ1n) is 11.5. The lowest BCUT2D eigenvalue weighted by atomic mass is 9.95. The predicted octanol–water partition coefficient (Wildman–Crippen LogP) is 6.74. The van der Waals surface area contributed by atoms with Gasteiger partial charge in [-0.25, -0.2) is 9.97 Å². The average molecular weight is 502 g/mol. The van der Waals surface area contributed by atoms with Crippen LogP contribution in [0.2, 0.25) is 5.02 Å². The number of anilines is 1. The molecule has 182 valence electrons. The molecule has 0 aliphatic carbocycles. The SMILES string of the molecule is COc1ccc(-c2cccc(NC(=O)c3ccc(Oc4cc5c(cc4Cl)C(C)CCO5)cc3)n2)cn1. The van der Waals surface area contributed by atoms with Crippen LogP contribution in [0.3, 0.4) is 0 Å². The molecule has 1 aliphatic heterocycles. The summed E-state index contributed by atoms with van der Waals surface area (Å²) in [5.41, 5.74) is 3.06. The number of pyridine rings is 2. The number of nitrogens with zero attached hydrogens (tertiary/aromatic N) is 2. The van der Waals surface area contributed by atoms with E-state index in [-0.39, 0.29) is 5.91 Å². The third kappa shape index (κ3) is 5.11. The van der Waals surface area contributed by atoms with Crippen LogP contribution in [0.4, 0.5) is 5.82 Å². The molecule has 0 bridgehead atoms. The Hall–Kier alpha value is -4.10. The van der Waals surface area contributed by atoms with Gasteiger partial charge >= 0.3 is 0 Å². The zero-order valence-electron chi connectivity index (χ0n) is 19.8. The van der Waals surface area contributed by atoms with Crippen molar-refractivity contribution in [1.82, 2.24) is 9.97 Å². The molecule has 1 aliphatic rings. The fraction of sp³-hybridized carbons (Fsp3) is 0.179. The molecule has 3 heterocycles. The molecule has 0 fully saturated rings. The predicted molar refractivity (Wildman–Crippen MR) is 138 cm³/mol. The van der Waals surface area contributed by atoms with Crippen molar-refractivity contribution >= 4 is 23.3 Å². The minimum absolute atomic E-state index is 0.284. The molecule has 2 aromatic carbocycles. The summed E-state index contributed by atoms with van der Waals surface area (Å²) in [6.07, 6.45) is 2.64. The van der Waals surface area contributed by atoms with Gasteiger partial charge in [-0.05, 0) is 66.4 Å². The normalized spacial score (nSPS) is 14.4. The van der Waals surface area contributed by atoms with Gasteiger partial charge in [0.05, 0.1) is 24.4 Å². The van der Waals surface area contributed by atoms with Crippen LogP contribution < -0.4 is 19.5 Å². The van der Waals surface area contributed by atoms with Crippen molar-refractivity contribution in [3.05, 3.63) is 89.1 Å². The van der Waals surface area contributed by atoms with Crippen LogP contribution in [-0.4, -0.2) is 29.6 Å². The van der Waals surface area contributed by atoms with Gasteiger partial charge in [-0.2, -0.15) is 0 Å². The Labute approximate surface area is 214 Å². The fourth-order valence-electron chi connectivity index (χ4n) is 3.95. The molecule has 5 rings (SSSR count). The van der Waals surface area contributed by atoms with E-state index in [1.807, 2.05) is 30.3 Å². The summed E-state index contributed by atoms with van der Waals surface area (Å²) >= 11 is 6.46. The molecule has 7 nitrogen and oxygen atoms in total. The number of benzene rings is 2. The van der Waals surface area contributed by atoms with Crippen molar-refractivity contribution in [1.29, 1.82) is 0 Å². The van der Waals surface area contributed by atoms with E-state index in [4.69, 9.17) is 25.8 Å². The molecule has 0 saturated carbocycles. The standard InChI is InChI=1S/C28H24ClN3O4/c1-17-12-13-35-24-15-25(22(29)14-21(17)24)36-20-9-6-18(7-10-20)28(33)32-26-5-3-4-23(31-26)19-8-11-27(34-2)30-16-19/h3-11,14-17H,12-13H2,1-2H3,(H,31,32,33). The molecule has 2 aromatic heterocycles. The molecule has 1 atom stereocenters. The molecule has 0 saturated heterocycles. The monoisotopic (exact) mass is 501 g/mol. The third-order valence-electron chi connectivity index (χ3n) is 5.98. The molecular weight excluding hydrogens is 478 g/mol. The summed E-state index contributed by atoms with van der Waals surface area (Å²) in [5.74, 6) is 2.93. The maximum atomic E-state index is 12.8. The van der Waals surface area contributed by atoms with Crippen molar-refractivity contribution in [2.45, 2.75) is 19.3 Å². The van der Waals surface area contributed by atoms with Crippen LogP contribution in [0.1, 0.15) is 35.2 Å². The summed E-state index contributed by atoms with van der Waals surface area (Å²) in [4.78, 5) is 21.5. The van der Waals surface area contributed by atoms with Gasteiger partial charge < -0.3 is 19.5 Å². The highest BCUT2D eigenvalue weighted by Crippen LogP contribution is 2.41. The second-order valence-electron chi connectivity index (χ2n) is 8.44. The van der Waals surface area contributed by atoms with E-state index in [2.05, 4.69) is 22.2 Å². The number of halogens is 1. The maximum Gasteiger partial charge on any atom is 0.256 e. The topological polar surface area (TPSA) is 82.6 Å². The first kappa shape index (κ1) is 23.6. The van der Waals surface area contributed by atoms with Gasteiger partial charge in [-0.3, -0.25) is 4.79 Å². The largest absolute Gasteiger partial charge is 0.493 e. The summed E-state index contributed by atoms with van der Waals surface area (Å²) in [6, 6.07) is 19.6. The quantitative estimate of drug-likeness (QED) is 0.315. The Morgan fingerprint density at radius 1 is 1.11 bits per heavy atom. The van der Waals surface area contributed by atoms with Gasteiger partial charge in [0.2, 0.25) is 5.88 Å². The van der Waals surface area contributed by atoms with Gasteiger partial charge in [-0.1, -0.05) is 24.6 Å². The number of hydrogen-bond donors (Lipinski definition) is 1. The van der Waals surface area contributed by atoms with Crippen molar-refractivity contribution in [2.24, 2.45) is 0 Å². The number of fused-ring (bicyclic) bond motifs is 1. The lowest BCUT2D eigenvalue weighted by Crippen LogP contribution is -2.13. The summed E-state index contributed by atoms with van der Waals surface area (Å²) in [7, 11) is 1.56. The zero-order chi connectivity index (χ0) is 25.1. The Morgan fingerprint density at radius 2 is 1.94 bits per heavy atom. The highest BCUT2D eigenvalue weighted by molar-refractivity contribution is 6.32. The molecule has 0 spiro atoms. The molecule has 1 N–H and O–H groups in total. The lowest BCUT2D eigenvalue weighted by molar-refractivity contribution is 0.102. The average Bonchev–Trinajstić information content (AvgIpc) is 2.90. The third-order valence-corrected chi connectivity index (χ3v) is 6.28. The van der Waals surface area contributed by atoms with Gasteiger partial charge in [0.1, 0.15) is 23.1 Å². The highest BCUT2D eigenvalue weighted by atomic mass is 35.5. The van der Waals surface area contributed by atoms with Crippen LogP contribution in [0.5, 0.6) is 23.1 Å². The first-order chi connectivity index (χ1) is 17.5. The zero-order valence-corrected chi connectivity index (χ0v) is 20.6. The molecule has 1 amide bonds. The Morgan fingerprint density at radius 3 is 2.69 bits per heavy atom. The minimum atomic E-state index is -0.284. The van der Waals surface area contributed by atoms with Gasteiger partial charge in [-0.15, -0.1) is 0 Å². The number of carbonyl (C=O) groups excluding carboxylic acids is 1. The van der Waals surface area contributed by atoms with Crippen LogP contribution >= 0.6 is 11.6 Å². The number of aromatic nitrogens is 2. The van der Waals surface area contributed by atoms with E-state index in [9.17, 15) is 4.79 Å². The highest BCUT2D eigenvalue weighted by Gasteiger charge is 2.20. The molecule has 0 radical (unpaired) electrons. The number of hydrogen-bond acceptors (Lipinski definition) is 6. The maximum absolute atomic E-state index is 12.8. The molecule has 8 heteroatoms. The molecule has 4 aromatic rings. The van der Waals surface area contributed by atoms with E-state index >= 15 is 0 Å². The smallest absolute Gasteiger partial charge is 0.256 e. The second kappa shape index (κ2) is 10.3. The van der Waals surface area contributed by atoms with Crippen LogP contribution in [-0.2, 0) is 0 Å². The van der Waals surface area contributed by atoms with E-state index in [1.165, 1.54) is 0 Å². The van der Waals surface area contributed by atoms with Crippen molar-refractivity contribution in [3.8, 4) is 34.4 Å². The second-order valence-corrected chi connectivity index (χ2v) is 8.84. The number of nitrogens with one attached hydrogen (secondary N) is 1. The lowest BCUT2D eigenvalue weighted by Gasteiger charge is -2.24. The van der Waals surface area contributed by atoms with Crippen molar-refractivity contribution < 1.29 is 19.0 Å². The fourth-order valence-corrected chi connectivity index (χ4v) is 4.16. The van der Waals surface area contributed by atoms with Gasteiger partial charge in [0.25, 0.3) is 5.91 Å². The van der Waals surface area contributed by atoms with E-state index in [0.717, 1.165) is 23.3 Å². The van der Waals surface area contributed by atoms with Crippen LogP contribution in [0.25, 0.3) is 11.3 Å². The number of carbonyl (C=O) groups is 1. The minimum Gasteiger partial charge on any atom is -0.493 e. The molecule has 1 unspecified atom stereocenters. The van der Waals surface area contributed by atoms with Crippen LogP contribution in [0, 0.1) is 0 Å². The molecule has 36 heavy (non-hydrogen) atoms. The first-order valence-corrected chi connectivity index (χ1v) is 11.9. The van der Waals surface area contributed by atoms with E-state index in [0.29, 0.717) is 52.0 Å². The Balaban J connectivity index is 1.27. The number of rotatable bonds is 6. The Kier molecular flexibility index (Phi) is 6.73. The summed E-state index contributed by atoms with van der Waals surface area (Å²) in [5, 5.41) is 3.35. The number of amides is 1. The summed E-state index contributed by atoms with van der Waals surface area (Å²) < 4.78 is 16.8. The Bertz CT molecular complexity index is 1390. The van der Waals surface area contributed by atoms with Gasteiger partial charge in [0, 0.05) is 29.5 Å². The van der Waals surface area contributed by atoms with Gasteiger partial charge in [0.15, 0.2) is 0 Å². The van der Waals surface area contributed by atoms with E-state index in [1.54, 1.807) is 49.7 Å². The van der Waals surface area contributed by atoms with E-state index < -0.39 is 0 Å². The van der Waals surface area contributed by atoms with Crippen LogP contribution in [0.15, 0.2) is 72.9 Å². The number of ether oxygens (including phenoxy) is 3. The van der Waals surface area contributed by atoms with Crippen molar-refractivity contribution in [3.63, 3.8) is 0 Å². The number of methoxy groups -OCH3 is 1. The van der Waals surface area contributed by atoms with Crippen molar-refractivity contribution in [2.75, 3.05) is 19.0 Å². The summed E-state index contributed by atoms with van der Waals surface area (Å²) in [6.45, 7) is 2.83. The molecular formula is C28H24ClN3O4.